The van der Waals surface area contributed by atoms with Crippen LogP contribution < -0.4 is 5.56 Å². The van der Waals surface area contributed by atoms with Crippen molar-refractivity contribution in [2.45, 2.75) is 63.6 Å². The molecule has 29 heavy (non-hydrogen) atoms. The number of hydrogen-bond acceptors (Lipinski definition) is 4. The van der Waals surface area contributed by atoms with E-state index in [1.807, 2.05) is 33.7 Å². The Bertz CT molecular complexity index is 935. The molecule has 1 saturated heterocycles. The van der Waals surface area contributed by atoms with E-state index in [1.54, 1.807) is 0 Å². The third kappa shape index (κ3) is 4.23. The molecule has 6 heteroatoms. The molecule has 1 amide bonds. The number of amides is 1. The Kier molecular flexibility index (Phi) is 6.28. The van der Waals surface area contributed by atoms with Crippen LogP contribution in [0.25, 0.3) is 10.9 Å². The van der Waals surface area contributed by atoms with Gasteiger partial charge in [-0.2, -0.15) is 0 Å². The minimum Gasteiger partial charge on any atom is -0.342 e. The van der Waals surface area contributed by atoms with Crippen LogP contribution in [0.3, 0.4) is 0 Å². The van der Waals surface area contributed by atoms with Gasteiger partial charge in [-0.25, -0.2) is 4.98 Å². The molecule has 1 aromatic heterocycles. The average Bonchev–Trinajstić information content (AvgIpc) is 2.75. The monoisotopic (exact) mass is 413 g/mol. The average molecular weight is 414 g/mol. The van der Waals surface area contributed by atoms with Crippen molar-refractivity contribution < 1.29 is 4.79 Å². The molecule has 0 radical (unpaired) electrons. The second-order valence-corrected chi connectivity index (χ2v) is 9.59. The van der Waals surface area contributed by atoms with E-state index >= 15 is 0 Å². The first-order valence-electron chi connectivity index (χ1n) is 11.0. The Balaban J connectivity index is 1.67. The number of benzene rings is 1. The molecule has 4 rings (SSSR count). The van der Waals surface area contributed by atoms with Crippen molar-refractivity contribution in [3.05, 3.63) is 34.6 Å². The Labute approximate surface area is 176 Å². The topological polar surface area (TPSA) is 55.2 Å². The summed E-state index contributed by atoms with van der Waals surface area (Å²) in [5.41, 5.74) is 0.757. The first-order chi connectivity index (χ1) is 14.1. The van der Waals surface area contributed by atoms with E-state index in [4.69, 9.17) is 4.98 Å². The summed E-state index contributed by atoms with van der Waals surface area (Å²) in [5.74, 6) is 1.51. The third-order valence-corrected chi connectivity index (χ3v) is 7.74. The van der Waals surface area contributed by atoms with Crippen LogP contribution in [-0.4, -0.2) is 39.2 Å². The Morgan fingerprint density at radius 1 is 1.10 bits per heavy atom. The summed E-state index contributed by atoms with van der Waals surface area (Å²) in [6.45, 7) is 6.25. The van der Waals surface area contributed by atoms with E-state index in [0.29, 0.717) is 28.1 Å². The van der Waals surface area contributed by atoms with Crippen molar-refractivity contribution in [2.75, 3.05) is 18.8 Å². The molecule has 5 nitrogen and oxygen atoms in total. The number of rotatable bonds is 4. The van der Waals surface area contributed by atoms with Crippen molar-refractivity contribution in [1.29, 1.82) is 0 Å². The van der Waals surface area contributed by atoms with Gasteiger partial charge in [0.1, 0.15) is 0 Å². The number of nitrogens with zero attached hydrogens (tertiary/aromatic N) is 3. The van der Waals surface area contributed by atoms with Gasteiger partial charge in [-0.05, 0) is 49.7 Å². The molecule has 156 valence electrons. The number of thioether (sulfide) groups is 1. The largest absolute Gasteiger partial charge is 0.342 e. The minimum atomic E-state index is 0.0365. The Hall–Kier alpha value is -1.82. The molecular weight excluding hydrogens is 382 g/mol. The highest BCUT2D eigenvalue weighted by Crippen LogP contribution is 2.38. The smallest absolute Gasteiger partial charge is 0.262 e. The molecule has 0 N–H and O–H groups in total. The van der Waals surface area contributed by atoms with Gasteiger partial charge in [-0.3, -0.25) is 14.2 Å². The van der Waals surface area contributed by atoms with Gasteiger partial charge in [0, 0.05) is 19.1 Å². The first-order valence-corrected chi connectivity index (χ1v) is 12.0. The second-order valence-electron chi connectivity index (χ2n) is 8.65. The van der Waals surface area contributed by atoms with Gasteiger partial charge in [-0.1, -0.05) is 50.6 Å². The van der Waals surface area contributed by atoms with Gasteiger partial charge < -0.3 is 4.90 Å². The Morgan fingerprint density at radius 3 is 2.66 bits per heavy atom. The number of para-hydroxylation sites is 1. The maximum absolute atomic E-state index is 13.5. The highest BCUT2D eigenvalue weighted by Gasteiger charge is 2.31. The quantitative estimate of drug-likeness (QED) is 0.547. The molecule has 1 aromatic carbocycles. The predicted molar refractivity (Wildman–Crippen MR) is 118 cm³/mol. The fraction of sp³-hybridized carbons (Fsp3) is 0.609. The SMILES string of the molecule is CC1CCCC(n2c(SCC(=O)N3CCCCC3)nc3ccccc3c2=O)C1C. The van der Waals surface area contributed by atoms with Gasteiger partial charge in [0.05, 0.1) is 16.7 Å². The first kappa shape index (κ1) is 20.5. The van der Waals surface area contributed by atoms with Gasteiger partial charge in [0.25, 0.3) is 5.56 Å². The summed E-state index contributed by atoms with van der Waals surface area (Å²) >= 11 is 1.44. The molecule has 1 saturated carbocycles. The van der Waals surface area contributed by atoms with E-state index in [0.717, 1.165) is 44.3 Å². The molecule has 3 atom stereocenters. The highest BCUT2D eigenvalue weighted by atomic mass is 32.2. The minimum absolute atomic E-state index is 0.0365. The summed E-state index contributed by atoms with van der Waals surface area (Å²) in [7, 11) is 0. The van der Waals surface area contributed by atoms with Crippen LogP contribution >= 0.6 is 11.8 Å². The summed E-state index contributed by atoms with van der Waals surface area (Å²) in [6.07, 6.45) is 6.73. The number of hydrogen-bond donors (Lipinski definition) is 0. The third-order valence-electron chi connectivity index (χ3n) is 6.80. The number of fused-ring (bicyclic) bond motifs is 1. The van der Waals surface area contributed by atoms with Crippen molar-refractivity contribution in [2.24, 2.45) is 11.8 Å². The van der Waals surface area contributed by atoms with Crippen molar-refractivity contribution >= 4 is 28.6 Å². The van der Waals surface area contributed by atoms with E-state index < -0.39 is 0 Å². The van der Waals surface area contributed by atoms with Crippen molar-refractivity contribution in [1.82, 2.24) is 14.5 Å². The molecule has 2 aliphatic rings. The molecule has 3 unspecified atom stereocenters. The van der Waals surface area contributed by atoms with Crippen molar-refractivity contribution in [3.8, 4) is 0 Å². The molecule has 0 bridgehead atoms. The molecule has 1 aliphatic heterocycles. The predicted octanol–water partition coefficient (Wildman–Crippen LogP) is 4.50. The summed E-state index contributed by atoms with van der Waals surface area (Å²) < 4.78 is 1.91. The van der Waals surface area contributed by atoms with Crippen LogP contribution in [0.1, 0.15) is 58.4 Å². The van der Waals surface area contributed by atoms with Crippen LogP contribution in [-0.2, 0) is 4.79 Å². The number of aromatic nitrogens is 2. The lowest BCUT2D eigenvalue weighted by Gasteiger charge is -2.36. The molecule has 2 heterocycles. The van der Waals surface area contributed by atoms with Crippen LogP contribution in [0.5, 0.6) is 0 Å². The summed E-state index contributed by atoms with van der Waals surface area (Å²) in [4.78, 5) is 33.0. The highest BCUT2D eigenvalue weighted by molar-refractivity contribution is 7.99. The van der Waals surface area contributed by atoms with Crippen LogP contribution in [0.2, 0.25) is 0 Å². The van der Waals surface area contributed by atoms with Crippen molar-refractivity contribution in [3.63, 3.8) is 0 Å². The van der Waals surface area contributed by atoms with E-state index in [2.05, 4.69) is 13.8 Å². The lowest BCUT2D eigenvalue weighted by molar-refractivity contribution is -0.129. The normalized spacial score (nSPS) is 25.3. The number of carbonyl (C=O) groups excluding carboxylic acids is 1. The molecule has 0 spiro atoms. The molecule has 2 aromatic rings. The lowest BCUT2D eigenvalue weighted by Crippen LogP contribution is -2.37. The van der Waals surface area contributed by atoms with Gasteiger partial charge >= 0.3 is 0 Å². The van der Waals surface area contributed by atoms with E-state index in [1.165, 1.54) is 24.6 Å². The van der Waals surface area contributed by atoms with Crippen LogP contribution in [0.15, 0.2) is 34.2 Å². The summed E-state index contributed by atoms with van der Waals surface area (Å²) in [5, 5.41) is 1.37. The zero-order chi connectivity index (χ0) is 20.4. The van der Waals surface area contributed by atoms with Crippen LogP contribution in [0, 0.1) is 11.8 Å². The number of piperidine rings is 1. The zero-order valence-corrected chi connectivity index (χ0v) is 18.3. The summed E-state index contributed by atoms with van der Waals surface area (Å²) in [6, 6.07) is 7.72. The molecule has 2 fully saturated rings. The van der Waals surface area contributed by atoms with Gasteiger partial charge in [-0.15, -0.1) is 0 Å². The molecular formula is C23H31N3O2S. The zero-order valence-electron chi connectivity index (χ0n) is 17.5. The number of likely N-dealkylation sites (tertiary alicyclic amines) is 1. The number of carbonyl (C=O) groups is 1. The van der Waals surface area contributed by atoms with Gasteiger partial charge in [0.15, 0.2) is 5.16 Å². The van der Waals surface area contributed by atoms with Gasteiger partial charge in [0.2, 0.25) is 5.91 Å². The fourth-order valence-electron chi connectivity index (χ4n) is 4.80. The fourth-order valence-corrected chi connectivity index (χ4v) is 5.75. The standard InChI is InChI=1S/C23H31N3O2S/c1-16-9-8-12-20(17(16)2)26-22(28)18-10-4-5-11-19(18)24-23(26)29-15-21(27)25-13-6-3-7-14-25/h4-5,10-11,16-17,20H,3,6-9,12-15H2,1-2H3. The van der Waals surface area contributed by atoms with E-state index in [9.17, 15) is 9.59 Å². The second kappa shape index (κ2) is 8.90. The maximum atomic E-state index is 13.5. The lowest BCUT2D eigenvalue weighted by atomic mass is 9.78. The van der Waals surface area contributed by atoms with Crippen LogP contribution in [0.4, 0.5) is 0 Å². The Morgan fingerprint density at radius 2 is 1.86 bits per heavy atom. The van der Waals surface area contributed by atoms with E-state index in [-0.39, 0.29) is 17.5 Å². The maximum Gasteiger partial charge on any atom is 0.262 e. The molecule has 1 aliphatic carbocycles.